The van der Waals surface area contributed by atoms with Crippen molar-refractivity contribution in [3.8, 4) is 0 Å². The van der Waals surface area contributed by atoms with Crippen LogP contribution in [0.15, 0.2) is 17.3 Å². The van der Waals surface area contributed by atoms with Crippen LogP contribution < -0.4 is 0 Å². The van der Waals surface area contributed by atoms with Crippen LogP contribution >= 0.6 is 0 Å². The maximum atomic E-state index is 4.72. The molecule has 0 fully saturated rings. The van der Waals surface area contributed by atoms with Gasteiger partial charge in [0.1, 0.15) is 0 Å². The molecule has 1 heterocycles. The van der Waals surface area contributed by atoms with Crippen molar-refractivity contribution in [2.75, 3.05) is 6.54 Å². The Kier molecular flexibility index (Phi) is 1.50. The molecule has 0 amide bonds. The second-order valence-corrected chi connectivity index (χ2v) is 1.31. The quantitative estimate of drug-likeness (QED) is 0.441. The number of rotatable bonds is 0. The molecular formula is C5H7NO. The first-order chi connectivity index (χ1) is 3.50. The van der Waals surface area contributed by atoms with Crippen LogP contribution in [0.4, 0.5) is 0 Å². The molecule has 0 aromatic carbocycles. The molecule has 38 valence electrons. The van der Waals surface area contributed by atoms with Crippen molar-refractivity contribution in [1.82, 2.24) is 0 Å². The highest BCUT2D eigenvalue weighted by atomic mass is 16.5. The summed E-state index contributed by atoms with van der Waals surface area (Å²) in [6.45, 7) is 0.858. The van der Waals surface area contributed by atoms with Gasteiger partial charge in [0.25, 0.3) is 0 Å². The highest BCUT2D eigenvalue weighted by Gasteiger charge is 1.80. The summed E-state index contributed by atoms with van der Waals surface area (Å²) in [6.07, 6.45) is 6.06. The molecule has 2 nitrogen and oxygen atoms in total. The van der Waals surface area contributed by atoms with Crippen molar-refractivity contribution >= 4 is 6.40 Å². The molecule has 0 aromatic heterocycles. The van der Waals surface area contributed by atoms with E-state index in [9.17, 15) is 0 Å². The maximum Gasteiger partial charge on any atom is 0.175 e. The minimum atomic E-state index is 0.858. The Morgan fingerprint density at radius 1 is 1.57 bits per heavy atom. The second kappa shape index (κ2) is 2.39. The molecule has 2 heteroatoms. The Hall–Kier alpha value is -0.790. The van der Waals surface area contributed by atoms with Crippen LogP contribution in [-0.4, -0.2) is 12.9 Å². The van der Waals surface area contributed by atoms with Gasteiger partial charge >= 0.3 is 0 Å². The number of hydrogen-bond acceptors (Lipinski definition) is 2. The fourth-order valence-corrected chi connectivity index (χ4v) is 0.404. The van der Waals surface area contributed by atoms with E-state index in [1.165, 1.54) is 6.40 Å². The summed E-state index contributed by atoms with van der Waals surface area (Å²) in [7, 11) is 0. The lowest BCUT2D eigenvalue weighted by Gasteiger charge is -1.78. The van der Waals surface area contributed by atoms with Gasteiger partial charge in [-0.3, -0.25) is 4.99 Å². The molecule has 0 saturated heterocycles. The summed E-state index contributed by atoms with van der Waals surface area (Å²) in [6, 6.07) is 0. The van der Waals surface area contributed by atoms with Crippen LogP contribution in [0.3, 0.4) is 0 Å². The van der Waals surface area contributed by atoms with E-state index in [2.05, 4.69) is 4.99 Å². The predicted octanol–water partition coefficient (Wildman–Crippen LogP) is 0.949. The van der Waals surface area contributed by atoms with Gasteiger partial charge in [0.15, 0.2) is 6.40 Å². The van der Waals surface area contributed by atoms with Gasteiger partial charge in [-0.2, -0.15) is 0 Å². The van der Waals surface area contributed by atoms with E-state index in [0.717, 1.165) is 13.0 Å². The fourth-order valence-electron chi connectivity index (χ4n) is 0.404. The zero-order chi connectivity index (χ0) is 4.95. The van der Waals surface area contributed by atoms with Gasteiger partial charge in [-0.05, 0) is 12.5 Å². The van der Waals surface area contributed by atoms with E-state index < -0.39 is 0 Å². The minimum Gasteiger partial charge on any atom is -0.454 e. The van der Waals surface area contributed by atoms with Gasteiger partial charge in [-0.1, -0.05) is 0 Å². The first-order valence-corrected chi connectivity index (χ1v) is 2.29. The van der Waals surface area contributed by atoms with Crippen molar-refractivity contribution in [1.29, 1.82) is 0 Å². The lowest BCUT2D eigenvalue weighted by atomic mass is 10.4. The molecule has 0 saturated carbocycles. The van der Waals surface area contributed by atoms with Crippen LogP contribution in [0.25, 0.3) is 0 Å². The molecule has 0 bridgehead atoms. The molecule has 0 unspecified atom stereocenters. The van der Waals surface area contributed by atoms with Crippen molar-refractivity contribution in [2.45, 2.75) is 6.42 Å². The molecule has 0 radical (unpaired) electrons. The molecule has 7 heavy (non-hydrogen) atoms. The van der Waals surface area contributed by atoms with Crippen molar-refractivity contribution in [3.05, 3.63) is 12.3 Å². The average molecular weight is 97.1 g/mol. The molecule has 0 N–H and O–H groups in total. The molecule has 0 aromatic rings. The zero-order valence-electron chi connectivity index (χ0n) is 4.00. The Bertz CT molecular complexity index is 84.3. The van der Waals surface area contributed by atoms with Gasteiger partial charge < -0.3 is 4.74 Å². The SMILES string of the molecule is C1=COC=NCC1. The second-order valence-electron chi connectivity index (χ2n) is 1.31. The van der Waals surface area contributed by atoms with E-state index >= 15 is 0 Å². The van der Waals surface area contributed by atoms with Crippen molar-refractivity contribution < 1.29 is 4.74 Å². The third-order valence-corrected chi connectivity index (χ3v) is 0.735. The van der Waals surface area contributed by atoms with Gasteiger partial charge in [0.2, 0.25) is 0 Å². The van der Waals surface area contributed by atoms with Crippen LogP contribution in [0, 0.1) is 0 Å². The predicted molar refractivity (Wildman–Crippen MR) is 28.2 cm³/mol. The Morgan fingerprint density at radius 3 is 3.57 bits per heavy atom. The Labute approximate surface area is 42.5 Å². The third kappa shape index (κ3) is 1.39. The average Bonchev–Trinajstić information content (AvgIpc) is 1.90. The minimum absolute atomic E-state index is 0.858. The molecule has 1 aliphatic heterocycles. The number of hydrogen-bond donors (Lipinski definition) is 0. The normalized spacial score (nSPS) is 18.3. The summed E-state index contributed by atoms with van der Waals surface area (Å²) < 4.78 is 4.72. The molecular weight excluding hydrogens is 90.1 g/mol. The summed E-state index contributed by atoms with van der Waals surface area (Å²) in [5, 5.41) is 0. The lowest BCUT2D eigenvalue weighted by Crippen LogP contribution is -1.73. The van der Waals surface area contributed by atoms with E-state index in [1.807, 2.05) is 6.08 Å². The summed E-state index contributed by atoms with van der Waals surface area (Å²) >= 11 is 0. The molecule has 0 spiro atoms. The van der Waals surface area contributed by atoms with E-state index in [1.54, 1.807) is 6.26 Å². The zero-order valence-corrected chi connectivity index (χ0v) is 4.00. The number of nitrogens with zero attached hydrogens (tertiary/aromatic N) is 1. The topological polar surface area (TPSA) is 21.6 Å². The first-order valence-electron chi connectivity index (χ1n) is 2.29. The van der Waals surface area contributed by atoms with Gasteiger partial charge in [0.05, 0.1) is 6.26 Å². The fraction of sp³-hybridized carbons (Fsp3) is 0.400. The van der Waals surface area contributed by atoms with E-state index in [0.29, 0.717) is 0 Å². The maximum absolute atomic E-state index is 4.72. The largest absolute Gasteiger partial charge is 0.454 e. The summed E-state index contributed by atoms with van der Waals surface area (Å²) in [4.78, 5) is 3.86. The van der Waals surface area contributed by atoms with Crippen LogP contribution in [-0.2, 0) is 4.74 Å². The first kappa shape index (κ1) is 4.37. The highest BCUT2D eigenvalue weighted by Crippen LogP contribution is 1.88. The molecule has 1 aliphatic rings. The number of aliphatic imine (C=N–C) groups is 1. The van der Waals surface area contributed by atoms with Crippen LogP contribution in [0.5, 0.6) is 0 Å². The Morgan fingerprint density at radius 2 is 2.57 bits per heavy atom. The van der Waals surface area contributed by atoms with Gasteiger partial charge in [-0.15, -0.1) is 0 Å². The molecule has 0 aliphatic carbocycles. The van der Waals surface area contributed by atoms with Gasteiger partial charge in [-0.25, -0.2) is 0 Å². The monoisotopic (exact) mass is 97.1 g/mol. The standard InChI is InChI=1S/C5H7NO/c1-2-4-7-5-6-3-1/h2,4-5H,1,3H2. The van der Waals surface area contributed by atoms with Crippen LogP contribution in [0.2, 0.25) is 0 Å². The lowest BCUT2D eigenvalue weighted by molar-refractivity contribution is 0.495. The van der Waals surface area contributed by atoms with Crippen LogP contribution in [0.1, 0.15) is 6.42 Å². The van der Waals surface area contributed by atoms with E-state index in [4.69, 9.17) is 4.74 Å². The summed E-state index contributed by atoms with van der Waals surface area (Å²) in [5.41, 5.74) is 0. The third-order valence-electron chi connectivity index (χ3n) is 0.735. The highest BCUT2D eigenvalue weighted by molar-refractivity contribution is 5.47. The van der Waals surface area contributed by atoms with Gasteiger partial charge in [0, 0.05) is 6.54 Å². The van der Waals surface area contributed by atoms with Crippen molar-refractivity contribution in [3.63, 3.8) is 0 Å². The summed E-state index contributed by atoms with van der Waals surface area (Å²) in [5.74, 6) is 0. The number of ether oxygens (including phenoxy) is 1. The van der Waals surface area contributed by atoms with E-state index in [-0.39, 0.29) is 0 Å². The molecule has 0 atom stereocenters. The smallest absolute Gasteiger partial charge is 0.175 e. The Balaban J connectivity index is 2.38. The molecule has 1 rings (SSSR count). The van der Waals surface area contributed by atoms with Crippen molar-refractivity contribution in [2.24, 2.45) is 4.99 Å².